The molecule has 2 heterocycles. The number of nitrogens with two attached hydrogens (primary N) is 1. The zero-order valence-electron chi connectivity index (χ0n) is 17.2. The Morgan fingerprint density at radius 2 is 1.97 bits per heavy atom. The molecule has 0 saturated carbocycles. The van der Waals surface area contributed by atoms with Gasteiger partial charge in [0.25, 0.3) is 0 Å². The van der Waals surface area contributed by atoms with Gasteiger partial charge in [0, 0.05) is 51.4 Å². The number of likely N-dealkylation sites (tertiary alicyclic amines) is 1. The Balaban J connectivity index is 1.34. The summed E-state index contributed by atoms with van der Waals surface area (Å²) in [5.74, 6) is 0.666. The van der Waals surface area contributed by atoms with Crippen LogP contribution in [0.4, 0.5) is 5.69 Å². The van der Waals surface area contributed by atoms with Crippen LogP contribution in [0, 0.1) is 0 Å². The molecule has 1 fully saturated rings. The number of hydrogen-bond donors (Lipinski definition) is 3. The molecular weight excluding hydrogens is 368 g/mol. The third-order valence-electron chi connectivity index (χ3n) is 5.58. The maximum absolute atomic E-state index is 12.6. The number of nitrogens with zero attached hydrogens (tertiary/aromatic N) is 3. The van der Waals surface area contributed by atoms with E-state index in [1.165, 1.54) is 5.56 Å². The summed E-state index contributed by atoms with van der Waals surface area (Å²) in [4.78, 5) is 31.9. The Labute approximate surface area is 172 Å². The van der Waals surface area contributed by atoms with Gasteiger partial charge in [-0.05, 0) is 37.3 Å². The number of carbonyl (C=O) groups excluding carboxylic acids is 2. The molecule has 1 aromatic rings. The standard InChI is InChI=1S/C21H32N6O2/c1-23-21(25-17-9-12-26(13-10-17)15-19(22)28)24-11-4-7-20(29)27-14-8-16-5-2-3-6-18(16)27/h2-3,5-6,17H,4,7-15H2,1H3,(H2,22,28)(H2,23,24,25). The normalized spacial score (nSPS) is 17.8. The number of piperidine rings is 1. The van der Waals surface area contributed by atoms with Gasteiger partial charge in [-0.2, -0.15) is 0 Å². The van der Waals surface area contributed by atoms with E-state index < -0.39 is 0 Å². The summed E-state index contributed by atoms with van der Waals surface area (Å²) in [5, 5.41) is 6.74. The van der Waals surface area contributed by atoms with Gasteiger partial charge in [0.05, 0.1) is 6.54 Å². The van der Waals surface area contributed by atoms with Crippen molar-refractivity contribution in [2.45, 2.75) is 38.1 Å². The average Bonchev–Trinajstić information content (AvgIpc) is 3.15. The van der Waals surface area contributed by atoms with E-state index in [0.29, 0.717) is 25.6 Å². The third-order valence-corrected chi connectivity index (χ3v) is 5.58. The number of amides is 2. The molecular formula is C21H32N6O2. The minimum absolute atomic E-state index is 0.182. The van der Waals surface area contributed by atoms with E-state index in [-0.39, 0.29) is 11.8 Å². The number of rotatable bonds is 7. The topological polar surface area (TPSA) is 103 Å². The van der Waals surface area contributed by atoms with Gasteiger partial charge in [-0.3, -0.25) is 19.5 Å². The van der Waals surface area contributed by atoms with Crippen LogP contribution in [0.25, 0.3) is 0 Å². The molecule has 8 nitrogen and oxygen atoms in total. The van der Waals surface area contributed by atoms with Crippen LogP contribution >= 0.6 is 0 Å². The molecule has 0 unspecified atom stereocenters. The molecule has 2 amide bonds. The van der Waals surface area contributed by atoms with Crippen LogP contribution < -0.4 is 21.3 Å². The van der Waals surface area contributed by atoms with E-state index in [1.807, 2.05) is 23.1 Å². The van der Waals surface area contributed by atoms with Gasteiger partial charge >= 0.3 is 0 Å². The molecule has 2 aliphatic heterocycles. The van der Waals surface area contributed by atoms with E-state index in [4.69, 9.17) is 5.73 Å². The molecule has 1 aromatic carbocycles. The Morgan fingerprint density at radius 3 is 2.69 bits per heavy atom. The molecule has 4 N–H and O–H groups in total. The number of nitrogens with one attached hydrogen (secondary N) is 2. The predicted octanol–water partition coefficient (Wildman–Crippen LogP) is 0.471. The van der Waals surface area contributed by atoms with Crippen molar-refractivity contribution in [3.8, 4) is 0 Å². The predicted molar refractivity (Wildman–Crippen MR) is 115 cm³/mol. The van der Waals surface area contributed by atoms with Gasteiger partial charge in [0.1, 0.15) is 0 Å². The molecule has 2 aliphatic rings. The number of anilines is 1. The van der Waals surface area contributed by atoms with Gasteiger partial charge in [-0.1, -0.05) is 18.2 Å². The monoisotopic (exact) mass is 400 g/mol. The first-order valence-corrected chi connectivity index (χ1v) is 10.4. The number of primary amides is 1. The number of guanidine groups is 1. The van der Waals surface area contributed by atoms with Gasteiger partial charge in [0.2, 0.25) is 11.8 Å². The van der Waals surface area contributed by atoms with Crippen molar-refractivity contribution in [2.24, 2.45) is 10.7 Å². The lowest BCUT2D eigenvalue weighted by atomic mass is 10.1. The summed E-state index contributed by atoms with van der Waals surface area (Å²) in [5.41, 5.74) is 7.58. The summed E-state index contributed by atoms with van der Waals surface area (Å²) >= 11 is 0. The molecule has 0 bridgehead atoms. The maximum atomic E-state index is 12.6. The van der Waals surface area contributed by atoms with E-state index in [0.717, 1.165) is 57.0 Å². The zero-order chi connectivity index (χ0) is 20.6. The highest BCUT2D eigenvalue weighted by Gasteiger charge is 2.24. The molecule has 0 aromatic heterocycles. The highest BCUT2D eigenvalue weighted by atomic mass is 16.2. The SMILES string of the molecule is CN=C(NCCCC(=O)N1CCc2ccccc21)NC1CCN(CC(N)=O)CC1. The van der Waals surface area contributed by atoms with Gasteiger partial charge in [0.15, 0.2) is 5.96 Å². The number of carbonyl (C=O) groups is 2. The number of fused-ring (bicyclic) bond motifs is 1. The largest absolute Gasteiger partial charge is 0.369 e. The summed E-state index contributed by atoms with van der Waals surface area (Å²) < 4.78 is 0. The summed E-state index contributed by atoms with van der Waals surface area (Å²) in [6.45, 7) is 3.51. The molecule has 0 aliphatic carbocycles. The summed E-state index contributed by atoms with van der Waals surface area (Å²) in [6.07, 6.45) is 4.11. The fourth-order valence-corrected chi connectivity index (χ4v) is 4.02. The Morgan fingerprint density at radius 1 is 1.21 bits per heavy atom. The Bertz CT molecular complexity index is 742. The van der Waals surface area contributed by atoms with Crippen LogP contribution in [0.3, 0.4) is 0 Å². The average molecular weight is 401 g/mol. The number of benzene rings is 1. The van der Waals surface area contributed by atoms with Crippen LogP contribution in [0.1, 0.15) is 31.2 Å². The van der Waals surface area contributed by atoms with Crippen molar-refractivity contribution in [2.75, 3.05) is 44.7 Å². The Kier molecular flexibility index (Phi) is 7.46. The summed E-state index contributed by atoms with van der Waals surface area (Å²) in [7, 11) is 1.75. The second kappa shape index (κ2) is 10.2. The Hall–Kier alpha value is -2.61. The molecule has 8 heteroatoms. The van der Waals surface area contributed by atoms with Crippen LogP contribution in [-0.4, -0.2) is 68.5 Å². The van der Waals surface area contributed by atoms with E-state index >= 15 is 0 Å². The number of aliphatic imine (C=N–C) groups is 1. The van der Waals surface area contributed by atoms with Gasteiger partial charge < -0.3 is 21.3 Å². The number of para-hydroxylation sites is 1. The number of hydrogen-bond acceptors (Lipinski definition) is 4. The fourth-order valence-electron chi connectivity index (χ4n) is 4.02. The molecule has 1 saturated heterocycles. The minimum atomic E-state index is -0.277. The van der Waals surface area contributed by atoms with Crippen molar-refractivity contribution in [3.63, 3.8) is 0 Å². The zero-order valence-corrected chi connectivity index (χ0v) is 17.2. The van der Waals surface area contributed by atoms with E-state index in [9.17, 15) is 9.59 Å². The first-order chi connectivity index (χ1) is 14.1. The van der Waals surface area contributed by atoms with Gasteiger partial charge in [-0.25, -0.2) is 0 Å². The maximum Gasteiger partial charge on any atom is 0.231 e. The lowest BCUT2D eigenvalue weighted by molar-refractivity contribution is -0.119. The summed E-state index contributed by atoms with van der Waals surface area (Å²) in [6, 6.07) is 8.46. The van der Waals surface area contributed by atoms with Crippen LogP contribution in [0.15, 0.2) is 29.3 Å². The molecule has 158 valence electrons. The molecule has 29 heavy (non-hydrogen) atoms. The first-order valence-electron chi connectivity index (χ1n) is 10.4. The second-order valence-electron chi connectivity index (χ2n) is 7.69. The van der Waals surface area contributed by atoms with Crippen molar-refractivity contribution >= 4 is 23.5 Å². The van der Waals surface area contributed by atoms with Crippen molar-refractivity contribution in [1.82, 2.24) is 15.5 Å². The van der Waals surface area contributed by atoms with Crippen molar-refractivity contribution in [3.05, 3.63) is 29.8 Å². The van der Waals surface area contributed by atoms with Crippen LogP contribution in [-0.2, 0) is 16.0 Å². The third kappa shape index (κ3) is 5.93. The van der Waals surface area contributed by atoms with Crippen LogP contribution in [0.5, 0.6) is 0 Å². The quantitative estimate of drug-likeness (QED) is 0.351. The van der Waals surface area contributed by atoms with Crippen molar-refractivity contribution < 1.29 is 9.59 Å². The molecule has 0 spiro atoms. The van der Waals surface area contributed by atoms with Crippen molar-refractivity contribution in [1.29, 1.82) is 0 Å². The van der Waals surface area contributed by atoms with E-state index in [1.54, 1.807) is 7.05 Å². The lowest BCUT2D eigenvalue weighted by Crippen LogP contribution is -2.50. The molecule has 3 rings (SSSR count). The smallest absolute Gasteiger partial charge is 0.231 e. The molecule has 0 radical (unpaired) electrons. The van der Waals surface area contributed by atoms with Crippen LogP contribution in [0.2, 0.25) is 0 Å². The van der Waals surface area contributed by atoms with E-state index in [2.05, 4.69) is 26.6 Å². The fraction of sp³-hybridized carbons (Fsp3) is 0.571. The highest BCUT2D eigenvalue weighted by molar-refractivity contribution is 5.95. The molecule has 0 atom stereocenters. The minimum Gasteiger partial charge on any atom is -0.369 e. The lowest BCUT2D eigenvalue weighted by Gasteiger charge is -2.32. The second-order valence-corrected chi connectivity index (χ2v) is 7.69. The highest BCUT2D eigenvalue weighted by Crippen LogP contribution is 2.27. The first kappa shape index (κ1) is 21.1. The van der Waals surface area contributed by atoms with Gasteiger partial charge in [-0.15, -0.1) is 0 Å².